The second kappa shape index (κ2) is 7.95. The molecule has 0 amide bonds. The molecule has 0 unspecified atom stereocenters. The topological polar surface area (TPSA) is 29.0 Å². The molecule has 3 nitrogen and oxygen atoms in total. The SMILES string of the molecule is CC(C)c1ncc(C2CCN(C3CCC(C(C)C)CC3)CC2)cn1. The van der Waals surface area contributed by atoms with Crippen LogP contribution in [0.25, 0.3) is 0 Å². The van der Waals surface area contributed by atoms with Crippen molar-refractivity contribution in [2.24, 2.45) is 11.8 Å². The summed E-state index contributed by atoms with van der Waals surface area (Å²) in [6.07, 6.45) is 12.4. The van der Waals surface area contributed by atoms with Gasteiger partial charge in [-0.25, -0.2) is 9.97 Å². The summed E-state index contributed by atoms with van der Waals surface area (Å²) < 4.78 is 0. The van der Waals surface area contributed by atoms with Crippen LogP contribution >= 0.6 is 0 Å². The molecule has 1 saturated heterocycles. The lowest BCUT2D eigenvalue weighted by molar-refractivity contribution is 0.0981. The average molecular weight is 330 g/mol. The fourth-order valence-corrected chi connectivity index (χ4v) is 4.59. The summed E-state index contributed by atoms with van der Waals surface area (Å²) in [5, 5.41) is 0. The molecule has 3 heteroatoms. The normalized spacial score (nSPS) is 27.1. The van der Waals surface area contributed by atoms with Gasteiger partial charge in [-0.3, -0.25) is 0 Å². The van der Waals surface area contributed by atoms with Gasteiger partial charge in [0.2, 0.25) is 0 Å². The van der Waals surface area contributed by atoms with E-state index in [1.807, 2.05) is 0 Å². The van der Waals surface area contributed by atoms with E-state index in [4.69, 9.17) is 0 Å². The zero-order valence-electron chi connectivity index (χ0n) is 16.0. The third-order valence-electron chi connectivity index (χ3n) is 6.41. The van der Waals surface area contributed by atoms with Crippen LogP contribution in [-0.4, -0.2) is 34.0 Å². The van der Waals surface area contributed by atoms with E-state index in [9.17, 15) is 0 Å². The van der Waals surface area contributed by atoms with Crippen LogP contribution in [0.4, 0.5) is 0 Å². The van der Waals surface area contributed by atoms with Crippen LogP contribution in [0.1, 0.15) is 89.4 Å². The third kappa shape index (κ3) is 4.17. The van der Waals surface area contributed by atoms with E-state index in [0.29, 0.717) is 11.8 Å². The highest BCUT2D eigenvalue weighted by molar-refractivity contribution is 5.14. The van der Waals surface area contributed by atoms with Crippen molar-refractivity contribution in [3.63, 3.8) is 0 Å². The van der Waals surface area contributed by atoms with Gasteiger partial charge >= 0.3 is 0 Å². The van der Waals surface area contributed by atoms with E-state index >= 15 is 0 Å². The van der Waals surface area contributed by atoms with Crippen molar-refractivity contribution in [3.05, 3.63) is 23.8 Å². The van der Waals surface area contributed by atoms with Gasteiger partial charge < -0.3 is 4.90 Å². The molecule has 1 saturated carbocycles. The first-order valence-electron chi connectivity index (χ1n) is 10.1. The molecule has 1 aromatic rings. The fourth-order valence-electron chi connectivity index (χ4n) is 4.59. The molecular formula is C21H35N3. The number of nitrogens with zero attached hydrogens (tertiary/aromatic N) is 3. The lowest BCUT2D eigenvalue weighted by Crippen LogP contribution is -2.43. The van der Waals surface area contributed by atoms with Gasteiger partial charge in [-0.15, -0.1) is 0 Å². The highest BCUT2D eigenvalue weighted by atomic mass is 15.2. The molecule has 0 aromatic carbocycles. The third-order valence-corrected chi connectivity index (χ3v) is 6.41. The van der Waals surface area contributed by atoms with Gasteiger partial charge in [0.25, 0.3) is 0 Å². The Kier molecular flexibility index (Phi) is 5.91. The number of aromatic nitrogens is 2. The number of piperidine rings is 1. The van der Waals surface area contributed by atoms with Crippen LogP contribution in [0, 0.1) is 11.8 Å². The van der Waals surface area contributed by atoms with E-state index in [1.165, 1.54) is 57.2 Å². The molecule has 1 aromatic heterocycles. The number of hydrogen-bond donors (Lipinski definition) is 0. The highest BCUT2D eigenvalue weighted by Gasteiger charge is 2.30. The van der Waals surface area contributed by atoms with Crippen molar-refractivity contribution >= 4 is 0 Å². The van der Waals surface area contributed by atoms with Crippen LogP contribution in [0.3, 0.4) is 0 Å². The Bertz CT molecular complexity index is 492. The number of likely N-dealkylation sites (tertiary alicyclic amines) is 1. The summed E-state index contributed by atoms with van der Waals surface area (Å²) in [4.78, 5) is 11.9. The molecule has 2 aliphatic rings. The molecule has 1 aliphatic heterocycles. The zero-order chi connectivity index (χ0) is 17.1. The molecule has 24 heavy (non-hydrogen) atoms. The highest BCUT2D eigenvalue weighted by Crippen LogP contribution is 2.35. The van der Waals surface area contributed by atoms with Crippen molar-refractivity contribution in [3.8, 4) is 0 Å². The molecule has 0 bridgehead atoms. The minimum absolute atomic E-state index is 0.418. The molecule has 2 heterocycles. The predicted molar refractivity (Wildman–Crippen MR) is 100 cm³/mol. The molecule has 0 spiro atoms. The average Bonchev–Trinajstić information content (AvgIpc) is 2.62. The van der Waals surface area contributed by atoms with E-state index in [0.717, 1.165) is 23.7 Å². The molecule has 1 aliphatic carbocycles. The first-order chi connectivity index (χ1) is 11.5. The summed E-state index contributed by atoms with van der Waals surface area (Å²) in [6, 6.07) is 0.848. The monoisotopic (exact) mass is 329 g/mol. The lowest BCUT2D eigenvalue weighted by atomic mass is 9.78. The predicted octanol–water partition coefficient (Wildman–Crippen LogP) is 4.99. The molecular weight excluding hydrogens is 294 g/mol. The van der Waals surface area contributed by atoms with Crippen LogP contribution in [0.2, 0.25) is 0 Å². The largest absolute Gasteiger partial charge is 0.300 e. The van der Waals surface area contributed by atoms with E-state index in [1.54, 1.807) is 0 Å². The van der Waals surface area contributed by atoms with E-state index in [2.05, 4.69) is 55.0 Å². The van der Waals surface area contributed by atoms with Gasteiger partial charge in [-0.1, -0.05) is 27.7 Å². The van der Waals surface area contributed by atoms with Crippen molar-refractivity contribution in [1.82, 2.24) is 14.9 Å². The molecule has 3 rings (SSSR count). The van der Waals surface area contributed by atoms with Crippen molar-refractivity contribution in [2.75, 3.05) is 13.1 Å². The molecule has 0 radical (unpaired) electrons. The number of hydrogen-bond acceptors (Lipinski definition) is 3. The summed E-state index contributed by atoms with van der Waals surface area (Å²) in [5.74, 6) is 3.88. The lowest BCUT2D eigenvalue weighted by Gasteiger charge is -2.41. The summed E-state index contributed by atoms with van der Waals surface area (Å²) >= 11 is 0. The Balaban J connectivity index is 1.49. The standard InChI is InChI=1S/C21H35N3/c1-15(2)17-5-7-20(8-6-17)24-11-9-18(10-12-24)19-13-22-21(16(3)4)23-14-19/h13-18,20H,5-12H2,1-4H3. The van der Waals surface area contributed by atoms with Gasteiger partial charge in [0.05, 0.1) is 0 Å². The van der Waals surface area contributed by atoms with Crippen molar-refractivity contribution in [1.29, 1.82) is 0 Å². The summed E-state index contributed by atoms with van der Waals surface area (Å²) in [7, 11) is 0. The Labute approximate surface area is 148 Å². The second-order valence-electron chi connectivity index (χ2n) is 8.65. The van der Waals surface area contributed by atoms with Crippen molar-refractivity contribution < 1.29 is 0 Å². The fraction of sp³-hybridized carbons (Fsp3) is 0.810. The maximum atomic E-state index is 4.56. The number of rotatable bonds is 4. The molecule has 134 valence electrons. The molecule has 0 N–H and O–H groups in total. The van der Waals surface area contributed by atoms with Gasteiger partial charge in [-0.05, 0) is 74.9 Å². The Hall–Kier alpha value is -0.960. The first kappa shape index (κ1) is 17.8. The van der Waals surface area contributed by atoms with Gasteiger partial charge in [-0.2, -0.15) is 0 Å². The van der Waals surface area contributed by atoms with Gasteiger partial charge in [0.1, 0.15) is 5.82 Å². The zero-order valence-corrected chi connectivity index (χ0v) is 16.0. The van der Waals surface area contributed by atoms with Gasteiger partial charge in [0.15, 0.2) is 0 Å². The maximum Gasteiger partial charge on any atom is 0.130 e. The Morgan fingerprint density at radius 1 is 0.875 bits per heavy atom. The first-order valence-corrected chi connectivity index (χ1v) is 10.1. The second-order valence-corrected chi connectivity index (χ2v) is 8.65. The van der Waals surface area contributed by atoms with Gasteiger partial charge in [0, 0.05) is 24.4 Å². The van der Waals surface area contributed by atoms with E-state index < -0.39 is 0 Å². The summed E-state index contributed by atoms with van der Waals surface area (Å²) in [5.41, 5.74) is 1.35. The molecule has 0 atom stereocenters. The quantitative estimate of drug-likeness (QED) is 0.779. The maximum absolute atomic E-state index is 4.56. The summed E-state index contributed by atoms with van der Waals surface area (Å²) in [6.45, 7) is 11.6. The van der Waals surface area contributed by atoms with Crippen LogP contribution in [0.5, 0.6) is 0 Å². The van der Waals surface area contributed by atoms with Crippen molar-refractivity contribution in [2.45, 2.75) is 84.1 Å². The van der Waals surface area contributed by atoms with Crippen LogP contribution in [-0.2, 0) is 0 Å². The minimum atomic E-state index is 0.418. The van der Waals surface area contributed by atoms with E-state index in [-0.39, 0.29) is 0 Å². The Morgan fingerprint density at radius 2 is 1.46 bits per heavy atom. The minimum Gasteiger partial charge on any atom is -0.300 e. The Morgan fingerprint density at radius 3 is 1.96 bits per heavy atom. The molecule has 2 fully saturated rings. The smallest absolute Gasteiger partial charge is 0.130 e. The van der Waals surface area contributed by atoms with Crippen LogP contribution < -0.4 is 0 Å². The van der Waals surface area contributed by atoms with Crippen LogP contribution in [0.15, 0.2) is 12.4 Å².